The molecular weight excluding hydrogens is 389 g/mol. The van der Waals surface area contributed by atoms with Crippen LogP contribution >= 0.6 is 0 Å². The Hall–Kier alpha value is -3.15. The zero-order chi connectivity index (χ0) is 21.3. The number of nitrogens with zero attached hydrogens (tertiary/aromatic N) is 5. The van der Waals surface area contributed by atoms with Crippen molar-refractivity contribution in [3.05, 3.63) is 23.3 Å². The summed E-state index contributed by atoms with van der Waals surface area (Å²) in [6.45, 7) is 5.86. The van der Waals surface area contributed by atoms with E-state index in [0.717, 1.165) is 19.0 Å². The number of carbonyl (C=O) groups is 1. The van der Waals surface area contributed by atoms with E-state index in [2.05, 4.69) is 16.0 Å². The van der Waals surface area contributed by atoms with Gasteiger partial charge in [-0.15, -0.1) is 0 Å². The molecule has 3 aliphatic rings. The molecule has 5 rings (SSSR count). The molecule has 9 heteroatoms. The Morgan fingerprint density at radius 3 is 2.90 bits per heavy atom. The maximum atomic E-state index is 15.1. The molecule has 3 aliphatic heterocycles. The third-order valence-electron chi connectivity index (χ3n) is 6.76. The Balaban J connectivity index is 1.78. The van der Waals surface area contributed by atoms with E-state index < -0.39 is 17.8 Å². The maximum Gasteiger partial charge on any atom is 0.407 e. The van der Waals surface area contributed by atoms with E-state index in [0.29, 0.717) is 34.4 Å². The van der Waals surface area contributed by atoms with E-state index in [1.165, 1.54) is 0 Å². The molecule has 0 spiro atoms. The minimum absolute atomic E-state index is 0.145. The van der Waals surface area contributed by atoms with Crippen molar-refractivity contribution in [3.63, 3.8) is 0 Å². The van der Waals surface area contributed by atoms with Crippen LogP contribution in [0.4, 0.5) is 15.0 Å². The minimum Gasteiger partial charge on any atom is -0.472 e. The van der Waals surface area contributed by atoms with Crippen LogP contribution in [0.3, 0.4) is 0 Å². The lowest BCUT2D eigenvalue weighted by Crippen LogP contribution is -2.64. The predicted molar refractivity (Wildman–Crippen MR) is 106 cm³/mol. The zero-order valence-electron chi connectivity index (χ0n) is 17.0. The summed E-state index contributed by atoms with van der Waals surface area (Å²) >= 11 is 0. The first-order valence-corrected chi connectivity index (χ1v) is 10.2. The monoisotopic (exact) mass is 411 g/mol. The summed E-state index contributed by atoms with van der Waals surface area (Å²) in [5, 5.41) is 20.0. The first kappa shape index (κ1) is 18.9. The Morgan fingerprint density at radius 2 is 2.20 bits per heavy atom. The van der Waals surface area contributed by atoms with Crippen molar-refractivity contribution in [3.8, 4) is 11.9 Å². The van der Waals surface area contributed by atoms with Crippen LogP contribution in [0.2, 0.25) is 0 Å². The first-order chi connectivity index (χ1) is 14.3. The van der Waals surface area contributed by atoms with Gasteiger partial charge in [-0.1, -0.05) is 0 Å². The van der Waals surface area contributed by atoms with Crippen LogP contribution in [-0.4, -0.2) is 56.8 Å². The number of aryl methyl sites for hydroxylation is 1. The van der Waals surface area contributed by atoms with Gasteiger partial charge >= 0.3 is 6.09 Å². The van der Waals surface area contributed by atoms with Crippen LogP contribution in [-0.2, 0) is 0 Å². The van der Waals surface area contributed by atoms with Gasteiger partial charge < -0.3 is 14.7 Å². The van der Waals surface area contributed by atoms with E-state index in [1.807, 2.05) is 6.92 Å². The van der Waals surface area contributed by atoms with Gasteiger partial charge in [0.2, 0.25) is 5.88 Å². The first-order valence-electron chi connectivity index (χ1n) is 10.2. The second-order valence-corrected chi connectivity index (χ2v) is 8.40. The number of rotatable bonds is 1. The Bertz CT molecular complexity index is 1120. The molecule has 2 fully saturated rings. The lowest BCUT2D eigenvalue weighted by molar-refractivity contribution is 0.0707. The van der Waals surface area contributed by atoms with Crippen molar-refractivity contribution in [2.75, 3.05) is 11.4 Å². The highest BCUT2D eigenvalue weighted by molar-refractivity contribution is 6.00. The van der Waals surface area contributed by atoms with Crippen molar-refractivity contribution in [2.45, 2.75) is 63.8 Å². The zero-order valence-corrected chi connectivity index (χ0v) is 17.0. The molecule has 0 aliphatic carbocycles. The Labute approximate surface area is 172 Å². The number of carboxylic acid groups (broad SMARTS) is 1. The third-order valence-corrected chi connectivity index (χ3v) is 6.76. The van der Waals surface area contributed by atoms with Gasteiger partial charge in [0.1, 0.15) is 17.7 Å². The number of amides is 1. The number of hydrogen-bond acceptors (Lipinski definition) is 6. The predicted octanol–water partition coefficient (Wildman–Crippen LogP) is 3.18. The van der Waals surface area contributed by atoms with E-state index in [4.69, 9.17) is 9.72 Å². The second kappa shape index (κ2) is 6.42. The van der Waals surface area contributed by atoms with E-state index in [-0.39, 0.29) is 30.1 Å². The molecule has 8 nitrogen and oxygen atoms in total. The molecule has 0 aromatic carbocycles. The fourth-order valence-electron chi connectivity index (χ4n) is 5.61. The van der Waals surface area contributed by atoms with Gasteiger partial charge in [-0.2, -0.15) is 5.26 Å². The number of halogens is 1. The van der Waals surface area contributed by atoms with Crippen LogP contribution in [0.15, 0.2) is 6.20 Å². The average Bonchev–Trinajstić information content (AvgIpc) is 2.96. The third kappa shape index (κ3) is 2.39. The van der Waals surface area contributed by atoms with Gasteiger partial charge in [0.15, 0.2) is 0 Å². The minimum atomic E-state index is -0.923. The molecule has 2 aromatic rings. The summed E-state index contributed by atoms with van der Waals surface area (Å²) in [5.74, 6) is -0.220. The standard InChI is InChI=1S/C21H22FN5O3/c1-9(6-23)15-10(2)25-19-17-16(15)13(22)7-24-20(17)30-11(3)18-14-5-4-12(8-26(18)19)27(14)21(28)29/h7,9,11-12,14,18H,4-5,8H2,1-3H3,(H,28,29). The molecule has 0 radical (unpaired) electrons. The highest BCUT2D eigenvalue weighted by Gasteiger charge is 2.52. The number of anilines is 1. The average molecular weight is 411 g/mol. The van der Waals surface area contributed by atoms with E-state index in [9.17, 15) is 15.2 Å². The van der Waals surface area contributed by atoms with Crippen molar-refractivity contribution < 1.29 is 19.0 Å². The number of ether oxygens (including phenoxy) is 1. The summed E-state index contributed by atoms with van der Waals surface area (Å²) in [6, 6.07) is 1.55. The normalized spacial score (nSPS) is 27.8. The van der Waals surface area contributed by atoms with Crippen LogP contribution in [0.1, 0.15) is 43.9 Å². The molecule has 5 unspecified atom stereocenters. The van der Waals surface area contributed by atoms with Crippen LogP contribution in [0.25, 0.3) is 10.8 Å². The Kier molecular flexibility index (Phi) is 4.04. The van der Waals surface area contributed by atoms with Crippen LogP contribution in [0, 0.1) is 24.1 Å². The van der Waals surface area contributed by atoms with Crippen LogP contribution in [0.5, 0.6) is 5.88 Å². The molecule has 156 valence electrons. The summed E-state index contributed by atoms with van der Waals surface area (Å²) in [6.07, 6.45) is 1.35. The summed E-state index contributed by atoms with van der Waals surface area (Å²) in [5.41, 5.74) is 1.13. The van der Waals surface area contributed by atoms with E-state index >= 15 is 4.39 Å². The molecule has 2 saturated heterocycles. The van der Waals surface area contributed by atoms with Gasteiger partial charge in [0.25, 0.3) is 0 Å². The number of aromatic nitrogens is 2. The number of nitriles is 1. The number of pyridine rings is 2. The quantitative estimate of drug-likeness (QED) is 0.769. The molecule has 2 bridgehead atoms. The molecular formula is C21H22FN5O3. The summed E-state index contributed by atoms with van der Waals surface area (Å²) in [7, 11) is 0. The number of fused-ring (bicyclic) bond motifs is 5. The van der Waals surface area contributed by atoms with Crippen molar-refractivity contribution in [1.82, 2.24) is 14.9 Å². The highest BCUT2D eigenvalue weighted by Crippen LogP contribution is 2.46. The van der Waals surface area contributed by atoms with Crippen molar-refractivity contribution in [1.29, 1.82) is 5.26 Å². The number of piperazine rings is 1. The Morgan fingerprint density at radius 1 is 1.43 bits per heavy atom. The summed E-state index contributed by atoms with van der Waals surface area (Å²) in [4.78, 5) is 24.5. The fourth-order valence-corrected chi connectivity index (χ4v) is 5.61. The topological polar surface area (TPSA) is 103 Å². The maximum absolute atomic E-state index is 15.1. The van der Waals surface area contributed by atoms with Gasteiger partial charge in [0, 0.05) is 23.2 Å². The SMILES string of the molecule is Cc1nc2c3c(ncc(F)c3c1C(C)C#N)OC(C)C1C3CCC(CN21)N3C(=O)O. The molecule has 5 atom stereocenters. The molecule has 1 amide bonds. The molecule has 1 N–H and O–H groups in total. The lowest BCUT2D eigenvalue weighted by Gasteiger charge is -2.47. The van der Waals surface area contributed by atoms with Gasteiger partial charge in [-0.3, -0.25) is 4.90 Å². The second-order valence-electron chi connectivity index (χ2n) is 8.40. The molecule has 2 aromatic heterocycles. The summed E-state index contributed by atoms with van der Waals surface area (Å²) < 4.78 is 21.2. The smallest absolute Gasteiger partial charge is 0.407 e. The van der Waals surface area contributed by atoms with Crippen LogP contribution < -0.4 is 9.64 Å². The van der Waals surface area contributed by atoms with Crippen molar-refractivity contribution >= 4 is 22.7 Å². The van der Waals surface area contributed by atoms with E-state index in [1.54, 1.807) is 18.7 Å². The largest absolute Gasteiger partial charge is 0.472 e. The molecule has 30 heavy (non-hydrogen) atoms. The van der Waals surface area contributed by atoms with Gasteiger partial charge in [0.05, 0.1) is 41.7 Å². The van der Waals surface area contributed by atoms with Crippen molar-refractivity contribution in [2.24, 2.45) is 0 Å². The number of hydrogen-bond donors (Lipinski definition) is 1. The molecule has 0 saturated carbocycles. The lowest BCUT2D eigenvalue weighted by atomic mass is 9.94. The van der Waals surface area contributed by atoms with Gasteiger partial charge in [-0.05, 0) is 33.6 Å². The highest BCUT2D eigenvalue weighted by atomic mass is 19.1. The fraction of sp³-hybridized carbons (Fsp3) is 0.524. The van der Waals surface area contributed by atoms with Gasteiger partial charge in [-0.25, -0.2) is 19.2 Å². The molecule has 5 heterocycles.